The lowest BCUT2D eigenvalue weighted by Crippen LogP contribution is -2.49. The molecule has 4 nitrogen and oxygen atoms in total. The van der Waals surface area contributed by atoms with E-state index in [1.165, 1.54) is 24.1 Å². The number of carboxylic acid groups (broad SMARTS) is 1. The van der Waals surface area contributed by atoms with Crippen molar-refractivity contribution < 1.29 is 19.4 Å². The standard InChI is InChI=1S/C22H32O4/c1-14(11-20(24)25)7-9-21(5)15(2)8-10-22(6)16(3)12-18(13-19(21)22)26-17(4)23/h11-12,18-19H,2,7-10,13H2,1,3-6H3,(H,24,25). The summed E-state index contributed by atoms with van der Waals surface area (Å²) in [4.78, 5) is 22.4. The number of carbonyl (C=O) groups is 2. The molecule has 2 aliphatic rings. The summed E-state index contributed by atoms with van der Waals surface area (Å²) in [5.74, 6) is -0.825. The second kappa shape index (κ2) is 7.42. The van der Waals surface area contributed by atoms with Crippen molar-refractivity contribution in [2.75, 3.05) is 0 Å². The van der Waals surface area contributed by atoms with Gasteiger partial charge in [0.05, 0.1) is 0 Å². The first-order valence-electron chi connectivity index (χ1n) is 9.43. The quantitative estimate of drug-likeness (QED) is 0.423. The number of carbonyl (C=O) groups excluding carboxylic acids is 1. The van der Waals surface area contributed by atoms with E-state index in [9.17, 15) is 9.59 Å². The van der Waals surface area contributed by atoms with Crippen molar-refractivity contribution in [2.45, 2.75) is 72.8 Å². The first-order chi connectivity index (χ1) is 12.0. The van der Waals surface area contributed by atoms with E-state index in [1.807, 2.05) is 6.92 Å². The second-order valence-electron chi connectivity index (χ2n) is 8.55. The van der Waals surface area contributed by atoms with E-state index in [-0.39, 0.29) is 22.9 Å². The Morgan fingerprint density at radius 2 is 2.04 bits per heavy atom. The van der Waals surface area contributed by atoms with E-state index in [4.69, 9.17) is 9.84 Å². The SMILES string of the molecule is C=C1CCC2(C)C(C)=CC(OC(C)=O)CC2C1(C)CCC(C)=CC(=O)O. The van der Waals surface area contributed by atoms with Crippen molar-refractivity contribution in [1.82, 2.24) is 0 Å². The highest BCUT2D eigenvalue weighted by atomic mass is 16.5. The lowest BCUT2D eigenvalue weighted by molar-refractivity contribution is -0.147. The van der Waals surface area contributed by atoms with Gasteiger partial charge in [-0.15, -0.1) is 0 Å². The van der Waals surface area contributed by atoms with Gasteiger partial charge in [-0.05, 0) is 68.8 Å². The summed E-state index contributed by atoms with van der Waals surface area (Å²) >= 11 is 0. The molecule has 1 N–H and O–H groups in total. The fraction of sp³-hybridized carbons (Fsp3) is 0.636. The van der Waals surface area contributed by atoms with Crippen LogP contribution in [0.15, 0.2) is 35.5 Å². The summed E-state index contributed by atoms with van der Waals surface area (Å²) in [6.45, 7) is 14.4. The van der Waals surface area contributed by atoms with Gasteiger partial charge < -0.3 is 9.84 Å². The molecule has 2 rings (SSSR count). The van der Waals surface area contributed by atoms with Crippen LogP contribution in [-0.2, 0) is 14.3 Å². The van der Waals surface area contributed by atoms with E-state index in [0.717, 1.165) is 37.7 Å². The zero-order chi connectivity index (χ0) is 19.7. The summed E-state index contributed by atoms with van der Waals surface area (Å²) < 4.78 is 5.53. The summed E-state index contributed by atoms with van der Waals surface area (Å²) in [6.07, 6.45) is 7.65. The predicted octanol–water partition coefficient (Wildman–Crippen LogP) is 5.06. The number of fused-ring (bicyclic) bond motifs is 1. The molecule has 0 aliphatic heterocycles. The predicted molar refractivity (Wildman–Crippen MR) is 103 cm³/mol. The summed E-state index contributed by atoms with van der Waals surface area (Å²) in [7, 11) is 0. The Kier molecular flexibility index (Phi) is 5.84. The molecule has 144 valence electrons. The van der Waals surface area contributed by atoms with Crippen LogP contribution in [0, 0.1) is 16.7 Å². The van der Waals surface area contributed by atoms with Crippen molar-refractivity contribution in [3.05, 3.63) is 35.5 Å². The summed E-state index contributed by atoms with van der Waals surface area (Å²) in [5.41, 5.74) is 3.36. The average molecular weight is 360 g/mol. The van der Waals surface area contributed by atoms with Crippen LogP contribution in [0.4, 0.5) is 0 Å². The van der Waals surface area contributed by atoms with Crippen LogP contribution in [0.5, 0.6) is 0 Å². The number of allylic oxidation sites excluding steroid dienone is 3. The molecule has 0 heterocycles. The molecule has 2 aliphatic carbocycles. The van der Waals surface area contributed by atoms with Gasteiger partial charge in [-0.3, -0.25) is 4.79 Å². The fourth-order valence-corrected chi connectivity index (χ4v) is 4.97. The summed E-state index contributed by atoms with van der Waals surface area (Å²) in [5, 5.41) is 8.97. The molecule has 0 aromatic carbocycles. The Bertz CT molecular complexity index is 672. The first kappa shape index (κ1) is 20.5. The Morgan fingerprint density at radius 3 is 2.62 bits per heavy atom. The number of aliphatic carboxylic acids is 1. The normalized spacial score (nSPS) is 34.7. The Balaban J connectivity index is 2.32. The third-order valence-corrected chi connectivity index (χ3v) is 6.82. The third kappa shape index (κ3) is 3.94. The van der Waals surface area contributed by atoms with E-state index < -0.39 is 5.97 Å². The Hall–Kier alpha value is -1.84. The molecule has 1 saturated carbocycles. The molecule has 0 radical (unpaired) electrons. The minimum Gasteiger partial charge on any atom is -0.478 e. The van der Waals surface area contributed by atoms with Crippen LogP contribution in [0.1, 0.15) is 66.7 Å². The van der Waals surface area contributed by atoms with Gasteiger partial charge in [0.2, 0.25) is 0 Å². The monoisotopic (exact) mass is 360 g/mol. The number of hydrogen-bond acceptors (Lipinski definition) is 3. The molecule has 0 aromatic heterocycles. The Morgan fingerprint density at radius 1 is 1.38 bits per heavy atom. The van der Waals surface area contributed by atoms with Gasteiger partial charge in [0.25, 0.3) is 0 Å². The first-order valence-corrected chi connectivity index (χ1v) is 9.43. The molecule has 0 saturated heterocycles. The van der Waals surface area contributed by atoms with Crippen molar-refractivity contribution >= 4 is 11.9 Å². The van der Waals surface area contributed by atoms with Gasteiger partial charge in [0.1, 0.15) is 6.10 Å². The van der Waals surface area contributed by atoms with Crippen LogP contribution in [0.2, 0.25) is 0 Å². The number of rotatable bonds is 5. The van der Waals surface area contributed by atoms with Crippen molar-refractivity contribution in [1.29, 1.82) is 0 Å². The Labute approximate surface area is 157 Å². The van der Waals surface area contributed by atoms with Crippen molar-refractivity contribution in [2.24, 2.45) is 16.7 Å². The fourth-order valence-electron chi connectivity index (χ4n) is 4.97. The van der Waals surface area contributed by atoms with Crippen LogP contribution in [-0.4, -0.2) is 23.1 Å². The minimum atomic E-state index is -0.897. The smallest absolute Gasteiger partial charge is 0.328 e. The number of hydrogen-bond donors (Lipinski definition) is 1. The highest BCUT2D eigenvalue weighted by Crippen LogP contribution is 2.61. The number of carboxylic acids is 1. The van der Waals surface area contributed by atoms with Gasteiger partial charge in [0, 0.05) is 13.0 Å². The maximum absolute atomic E-state index is 11.5. The lowest BCUT2D eigenvalue weighted by atomic mass is 9.48. The van der Waals surface area contributed by atoms with Crippen LogP contribution < -0.4 is 0 Å². The number of ether oxygens (including phenoxy) is 1. The molecule has 0 spiro atoms. The zero-order valence-corrected chi connectivity index (χ0v) is 16.7. The highest BCUT2D eigenvalue weighted by Gasteiger charge is 2.53. The molecule has 0 bridgehead atoms. The van der Waals surface area contributed by atoms with E-state index in [0.29, 0.717) is 5.92 Å². The van der Waals surface area contributed by atoms with Gasteiger partial charge in [-0.2, -0.15) is 0 Å². The van der Waals surface area contributed by atoms with E-state index in [2.05, 4.69) is 33.4 Å². The van der Waals surface area contributed by atoms with Gasteiger partial charge >= 0.3 is 11.9 Å². The van der Waals surface area contributed by atoms with Gasteiger partial charge in [-0.25, -0.2) is 4.79 Å². The molecule has 4 heteroatoms. The lowest BCUT2D eigenvalue weighted by Gasteiger charge is -2.57. The molecule has 0 aromatic rings. The zero-order valence-electron chi connectivity index (χ0n) is 16.7. The maximum Gasteiger partial charge on any atom is 0.328 e. The van der Waals surface area contributed by atoms with Crippen molar-refractivity contribution in [3.63, 3.8) is 0 Å². The molecule has 4 unspecified atom stereocenters. The molecular formula is C22H32O4. The van der Waals surface area contributed by atoms with Gasteiger partial charge in [-0.1, -0.05) is 37.1 Å². The van der Waals surface area contributed by atoms with Crippen LogP contribution in [0.25, 0.3) is 0 Å². The number of esters is 1. The molecule has 0 amide bonds. The van der Waals surface area contributed by atoms with E-state index in [1.54, 1.807) is 0 Å². The van der Waals surface area contributed by atoms with Crippen LogP contribution in [0.3, 0.4) is 0 Å². The summed E-state index contributed by atoms with van der Waals surface area (Å²) in [6, 6.07) is 0. The second-order valence-corrected chi connectivity index (χ2v) is 8.55. The third-order valence-electron chi connectivity index (χ3n) is 6.82. The molecule has 4 atom stereocenters. The topological polar surface area (TPSA) is 63.6 Å². The van der Waals surface area contributed by atoms with Gasteiger partial charge in [0.15, 0.2) is 0 Å². The van der Waals surface area contributed by atoms with E-state index >= 15 is 0 Å². The van der Waals surface area contributed by atoms with Crippen LogP contribution >= 0.6 is 0 Å². The average Bonchev–Trinajstić information content (AvgIpc) is 2.51. The van der Waals surface area contributed by atoms with Crippen molar-refractivity contribution in [3.8, 4) is 0 Å². The molecular weight excluding hydrogens is 328 g/mol. The maximum atomic E-state index is 11.5. The molecule has 1 fully saturated rings. The minimum absolute atomic E-state index is 0.0665. The highest BCUT2D eigenvalue weighted by molar-refractivity contribution is 5.80. The largest absolute Gasteiger partial charge is 0.478 e. The molecule has 26 heavy (non-hydrogen) atoms.